The number of fused-ring (bicyclic) bond motifs is 3. The third-order valence-electron chi connectivity index (χ3n) is 8.29. The van der Waals surface area contributed by atoms with Gasteiger partial charge in [-0.3, -0.25) is 19.5 Å². The molecular formula is C33H40N4O3. The van der Waals surface area contributed by atoms with Crippen LogP contribution >= 0.6 is 0 Å². The van der Waals surface area contributed by atoms with E-state index in [0.717, 1.165) is 54.8 Å². The van der Waals surface area contributed by atoms with Crippen LogP contribution in [0.15, 0.2) is 73.1 Å². The zero-order valence-corrected chi connectivity index (χ0v) is 23.7. The van der Waals surface area contributed by atoms with Crippen molar-refractivity contribution in [3.8, 4) is 5.75 Å². The molecule has 3 heterocycles. The van der Waals surface area contributed by atoms with Crippen LogP contribution in [0.25, 0.3) is 0 Å². The first-order valence-corrected chi connectivity index (χ1v) is 14.5. The van der Waals surface area contributed by atoms with E-state index in [2.05, 4.69) is 22.0 Å². The highest BCUT2D eigenvalue weighted by Gasteiger charge is 2.35. The quantitative estimate of drug-likeness (QED) is 0.421. The Bertz CT molecular complexity index is 1300. The number of hydrogen-bond donors (Lipinski definition) is 0. The first-order valence-electron chi connectivity index (χ1n) is 14.5. The number of nitrogens with zero attached hydrogens (tertiary/aromatic N) is 4. The summed E-state index contributed by atoms with van der Waals surface area (Å²) >= 11 is 0. The second kappa shape index (κ2) is 13.1. The molecule has 1 saturated heterocycles. The van der Waals surface area contributed by atoms with Gasteiger partial charge < -0.3 is 14.5 Å². The van der Waals surface area contributed by atoms with Crippen molar-refractivity contribution < 1.29 is 14.3 Å². The standard InChI is InChI=1S/C33H40N4O3/c1-3-32(38)36-20-17-28-11-8-12-29(37(28)21-26-15-18-34-19-16-26)23-35(22-27-10-5-6-13-30(27)36)33(39)24-40-31-14-7-4-9-25(31)2/h4-7,9-10,13-16,18-19,28-29H,3,8,11-12,17,20-24H2,1-2H3. The zero-order valence-electron chi connectivity index (χ0n) is 23.7. The molecule has 2 aliphatic rings. The molecule has 2 aliphatic heterocycles. The third-order valence-corrected chi connectivity index (χ3v) is 8.29. The van der Waals surface area contributed by atoms with Gasteiger partial charge in [0.2, 0.25) is 5.91 Å². The maximum Gasteiger partial charge on any atom is 0.260 e. The molecule has 2 bridgehead atoms. The molecule has 1 fully saturated rings. The van der Waals surface area contributed by atoms with Gasteiger partial charge in [0.25, 0.3) is 5.91 Å². The average Bonchev–Trinajstić information content (AvgIpc) is 2.99. The first kappa shape index (κ1) is 27.8. The van der Waals surface area contributed by atoms with Gasteiger partial charge in [0.05, 0.1) is 0 Å². The van der Waals surface area contributed by atoms with Crippen molar-refractivity contribution in [2.75, 3.05) is 24.6 Å². The number of carbonyl (C=O) groups excluding carboxylic acids is 2. The predicted molar refractivity (Wildman–Crippen MR) is 157 cm³/mol. The maximum absolute atomic E-state index is 13.8. The first-order chi connectivity index (χ1) is 19.5. The summed E-state index contributed by atoms with van der Waals surface area (Å²) in [6.07, 6.45) is 8.24. The Morgan fingerprint density at radius 3 is 2.48 bits per heavy atom. The predicted octanol–water partition coefficient (Wildman–Crippen LogP) is 5.37. The van der Waals surface area contributed by atoms with Gasteiger partial charge >= 0.3 is 0 Å². The third kappa shape index (κ3) is 6.53. The van der Waals surface area contributed by atoms with Crippen molar-refractivity contribution in [1.82, 2.24) is 14.8 Å². The van der Waals surface area contributed by atoms with E-state index in [0.29, 0.717) is 32.1 Å². The summed E-state index contributed by atoms with van der Waals surface area (Å²) in [5.74, 6) is 0.794. The smallest absolute Gasteiger partial charge is 0.260 e. The van der Waals surface area contributed by atoms with E-state index >= 15 is 0 Å². The van der Waals surface area contributed by atoms with E-state index in [4.69, 9.17) is 4.74 Å². The van der Waals surface area contributed by atoms with Crippen LogP contribution in [0.3, 0.4) is 0 Å². The normalized spacial score (nSPS) is 19.9. The second-order valence-electron chi connectivity index (χ2n) is 10.9. The fourth-order valence-corrected chi connectivity index (χ4v) is 6.10. The van der Waals surface area contributed by atoms with E-state index in [1.54, 1.807) is 0 Å². The number of anilines is 1. The molecule has 2 amide bonds. The number of amides is 2. The van der Waals surface area contributed by atoms with Crippen LogP contribution in [-0.4, -0.2) is 58.4 Å². The Morgan fingerprint density at radius 2 is 1.68 bits per heavy atom. The Morgan fingerprint density at radius 1 is 0.925 bits per heavy atom. The molecule has 0 aliphatic carbocycles. The van der Waals surface area contributed by atoms with Crippen LogP contribution in [0.5, 0.6) is 5.75 Å². The van der Waals surface area contributed by atoms with Crippen LogP contribution in [-0.2, 0) is 22.7 Å². The molecule has 2 unspecified atom stereocenters. The lowest BCUT2D eigenvalue weighted by Gasteiger charge is -2.44. The number of para-hydroxylation sites is 2. The minimum Gasteiger partial charge on any atom is -0.484 e. The average molecular weight is 541 g/mol. The van der Waals surface area contributed by atoms with E-state index in [1.807, 2.05) is 84.6 Å². The number of aryl methyl sites for hydroxylation is 1. The van der Waals surface area contributed by atoms with Gasteiger partial charge in [-0.2, -0.15) is 0 Å². The van der Waals surface area contributed by atoms with Crippen molar-refractivity contribution in [3.63, 3.8) is 0 Å². The van der Waals surface area contributed by atoms with Crippen molar-refractivity contribution in [2.24, 2.45) is 0 Å². The summed E-state index contributed by atoms with van der Waals surface area (Å²) in [5, 5.41) is 0. The molecule has 5 rings (SSSR count). The molecule has 3 aromatic rings. The highest BCUT2D eigenvalue weighted by molar-refractivity contribution is 5.94. The number of carbonyl (C=O) groups is 2. The number of piperidine rings is 1. The molecule has 2 atom stereocenters. The van der Waals surface area contributed by atoms with Gasteiger partial charge in [-0.1, -0.05) is 49.7 Å². The summed E-state index contributed by atoms with van der Waals surface area (Å²) in [5.41, 5.74) is 4.12. The van der Waals surface area contributed by atoms with E-state index in [9.17, 15) is 9.59 Å². The minimum atomic E-state index is -0.0448. The summed E-state index contributed by atoms with van der Waals surface area (Å²) in [7, 11) is 0. The topological polar surface area (TPSA) is 66.0 Å². The summed E-state index contributed by atoms with van der Waals surface area (Å²) in [6, 6.07) is 20.5. The van der Waals surface area contributed by atoms with Gasteiger partial charge in [0, 0.05) is 62.8 Å². The van der Waals surface area contributed by atoms with Crippen LogP contribution in [0.1, 0.15) is 55.7 Å². The zero-order chi connectivity index (χ0) is 27.9. The van der Waals surface area contributed by atoms with Gasteiger partial charge in [0.15, 0.2) is 6.61 Å². The van der Waals surface area contributed by atoms with Crippen LogP contribution in [0, 0.1) is 6.92 Å². The molecule has 0 spiro atoms. The fraction of sp³-hybridized carbons (Fsp3) is 0.424. The lowest BCUT2D eigenvalue weighted by atomic mass is 9.92. The van der Waals surface area contributed by atoms with Crippen molar-refractivity contribution in [1.29, 1.82) is 0 Å². The minimum absolute atomic E-state index is 0.0227. The van der Waals surface area contributed by atoms with Crippen LogP contribution < -0.4 is 9.64 Å². The highest BCUT2D eigenvalue weighted by atomic mass is 16.5. The van der Waals surface area contributed by atoms with Gasteiger partial charge in [-0.15, -0.1) is 0 Å². The number of rotatable bonds is 6. The molecule has 7 heteroatoms. The SMILES string of the molecule is CCC(=O)N1CCC2CCCC(CN(C(=O)COc3ccccc3C)Cc3ccccc31)N2Cc1ccncc1. The lowest BCUT2D eigenvalue weighted by Crippen LogP contribution is -2.52. The Hall–Kier alpha value is -3.71. The monoisotopic (exact) mass is 540 g/mol. The Labute approximate surface area is 237 Å². The Kier molecular flexibility index (Phi) is 9.12. The number of pyridine rings is 1. The molecule has 40 heavy (non-hydrogen) atoms. The lowest BCUT2D eigenvalue weighted by molar-refractivity contribution is -0.135. The fourth-order valence-electron chi connectivity index (χ4n) is 6.10. The molecule has 1 aromatic heterocycles. The summed E-state index contributed by atoms with van der Waals surface area (Å²) < 4.78 is 6.02. The molecule has 2 aromatic carbocycles. The summed E-state index contributed by atoms with van der Waals surface area (Å²) in [4.78, 5) is 37.7. The van der Waals surface area contributed by atoms with Gasteiger partial charge in [-0.25, -0.2) is 0 Å². The van der Waals surface area contributed by atoms with Crippen LogP contribution in [0.2, 0.25) is 0 Å². The van der Waals surface area contributed by atoms with Gasteiger partial charge in [0.1, 0.15) is 5.75 Å². The number of aromatic nitrogens is 1. The van der Waals surface area contributed by atoms with E-state index < -0.39 is 0 Å². The van der Waals surface area contributed by atoms with Crippen molar-refractivity contribution in [3.05, 3.63) is 89.7 Å². The number of ether oxygens (including phenoxy) is 1. The molecular weight excluding hydrogens is 500 g/mol. The maximum atomic E-state index is 13.8. The van der Waals surface area contributed by atoms with Crippen LogP contribution in [0.4, 0.5) is 5.69 Å². The number of benzene rings is 2. The van der Waals surface area contributed by atoms with Crippen molar-refractivity contribution >= 4 is 17.5 Å². The van der Waals surface area contributed by atoms with E-state index in [1.165, 1.54) is 5.56 Å². The number of hydrogen-bond acceptors (Lipinski definition) is 5. The Balaban J connectivity index is 1.49. The summed E-state index contributed by atoms with van der Waals surface area (Å²) in [6.45, 7) is 6.40. The molecule has 0 radical (unpaired) electrons. The molecule has 7 nitrogen and oxygen atoms in total. The largest absolute Gasteiger partial charge is 0.484 e. The van der Waals surface area contributed by atoms with Crippen molar-refractivity contribution in [2.45, 2.75) is 71.1 Å². The second-order valence-corrected chi connectivity index (χ2v) is 10.9. The van der Waals surface area contributed by atoms with E-state index in [-0.39, 0.29) is 24.5 Å². The molecule has 0 saturated carbocycles. The highest BCUT2D eigenvalue weighted by Crippen LogP contribution is 2.32. The molecule has 0 N–H and O–H groups in total. The van der Waals surface area contributed by atoms with Gasteiger partial charge in [-0.05, 0) is 67.1 Å². The molecule has 210 valence electrons.